The van der Waals surface area contributed by atoms with Gasteiger partial charge >= 0.3 is 11.9 Å². The topological polar surface area (TPSA) is 88.4 Å². The molecule has 0 amide bonds. The standard InChI is InChI=1S/C13H9BrClFN2O4/c1-21-10(19)4-9(13(20)22-2)18-12-6(5-17)11(16)7(14)3-8(12)15/h3-4,18H,1-2H3/b9-4+. The summed E-state index contributed by atoms with van der Waals surface area (Å²) in [6.07, 6.45) is 0.795. The van der Waals surface area contributed by atoms with Gasteiger partial charge in [0.25, 0.3) is 0 Å². The predicted molar refractivity (Wildman–Crippen MR) is 79.6 cm³/mol. The van der Waals surface area contributed by atoms with Gasteiger partial charge in [-0.3, -0.25) is 0 Å². The highest BCUT2D eigenvalue weighted by Gasteiger charge is 2.20. The van der Waals surface area contributed by atoms with E-state index in [9.17, 15) is 14.0 Å². The number of anilines is 1. The third kappa shape index (κ3) is 3.96. The number of ether oxygens (including phenoxy) is 2. The molecule has 9 heteroatoms. The van der Waals surface area contributed by atoms with Crippen LogP contribution < -0.4 is 5.32 Å². The van der Waals surface area contributed by atoms with E-state index >= 15 is 0 Å². The van der Waals surface area contributed by atoms with Gasteiger partial charge in [-0.15, -0.1) is 0 Å². The van der Waals surface area contributed by atoms with Crippen LogP contribution >= 0.6 is 27.5 Å². The lowest BCUT2D eigenvalue weighted by atomic mass is 10.1. The van der Waals surface area contributed by atoms with Crippen molar-refractivity contribution < 1.29 is 23.5 Å². The van der Waals surface area contributed by atoms with E-state index in [0.717, 1.165) is 20.3 Å². The third-order valence-electron chi connectivity index (χ3n) is 2.41. The van der Waals surface area contributed by atoms with Gasteiger partial charge in [0.05, 0.1) is 35.5 Å². The highest BCUT2D eigenvalue weighted by atomic mass is 79.9. The molecule has 0 aliphatic rings. The summed E-state index contributed by atoms with van der Waals surface area (Å²) >= 11 is 8.86. The van der Waals surface area contributed by atoms with Crippen molar-refractivity contribution in [2.75, 3.05) is 19.5 Å². The van der Waals surface area contributed by atoms with Crippen molar-refractivity contribution in [2.24, 2.45) is 0 Å². The number of rotatable bonds is 4. The van der Waals surface area contributed by atoms with Crippen molar-refractivity contribution in [1.82, 2.24) is 0 Å². The zero-order valence-corrected chi connectivity index (χ0v) is 13.7. The Morgan fingerprint density at radius 1 is 1.45 bits per heavy atom. The lowest BCUT2D eigenvalue weighted by Gasteiger charge is -2.13. The number of nitrogens with one attached hydrogen (secondary N) is 1. The molecular weight excluding hydrogens is 383 g/mol. The number of methoxy groups -OCH3 is 2. The minimum atomic E-state index is -0.923. The van der Waals surface area contributed by atoms with E-state index in [1.807, 2.05) is 0 Å². The Balaban J connectivity index is 3.40. The van der Waals surface area contributed by atoms with E-state index in [1.54, 1.807) is 6.07 Å². The van der Waals surface area contributed by atoms with Gasteiger partial charge in [0.2, 0.25) is 0 Å². The molecule has 0 unspecified atom stereocenters. The highest BCUT2D eigenvalue weighted by molar-refractivity contribution is 9.10. The second kappa shape index (κ2) is 7.77. The molecule has 0 aliphatic heterocycles. The summed E-state index contributed by atoms with van der Waals surface area (Å²) in [5.74, 6) is -2.63. The van der Waals surface area contributed by atoms with Crippen LogP contribution in [-0.4, -0.2) is 26.2 Å². The molecular formula is C13H9BrClFN2O4. The number of esters is 2. The number of benzene rings is 1. The first-order valence-corrected chi connectivity index (χ1v) is 6.75. The summed E-state index contributed by atoms with van der Waals surface area (Å²) in [4.78, 5) is 22.9. The van der Waals surface area contributed by atoms with Gasteiger partial charge in [0.1, 0.15) is 17.3 Å². The van der Waals surface area contributed by atoms with Crippen LogP contribution in [0.3, 0.4) is 0 Å². The van der Waals surface area contributed by atoms with Crippen molar-refractivity contribution in [3.63, 3.8) is 0 Å². The minimum absolute atomic E-state index is 0.0174. The van der Waals surface area contributed by atoms with E-state index in [0.29, 0.717) is 0 Å². The number of hydrogen-bond donors (Lipinski definition) is 1. The van der Waals surface area contributed by atoms with Crippen molar-refractivity contribution >= 4 is 45.2 Å². The van der Waals surface area contributed by atoms with Crippen LogP contribution in [0.4, 0.5) is 10.1 Å². The Morgan fingerprint density at radius 2 is 2.09 bits per heavy atom. The van der Waals surface area contributed by atoms with E-state index in [1.165, 1.54) is 6.07 Å². The van der Waals surface area contributed by atoms with Crippen molar-refractivity contribution in [3.8, 4) is 6.07 Å². The average molecular weight is 392 g/mol. The van der Waals surface area contributed by atoms with Crippen molar-refractivity contribution in [3.05, 3.63) is 38.7 Å². The number of halogens is 3. The summed E-state index contributed by atoms with van der Waals surface area (Å²) < 4.78 is 22.8. The van der Waals surface area contributed by atoms with Gasteiger partial charge in [-0.2, -0.15) is 5.26 Å². The summed E-state index contributed by atoms with van der Waals surface area (Å²) in [7, 11) is 2.20. The van der Waals surface area contributed by atoms with Crippen LogP contribution in [0.25, 0.3) is 0 Å². The maximum Gasteiger partial charge on any atom is 0.354 e. The van der Waals surface area contributed by atoms with Gasteiger partial charge in [0, 0.05) is 0 Å². The molecule has 6 nitrogen and oxygen atoms in total. The Bertz CT molecular complexity index is 700. The number of nitriles is 1. The molecule has 116 valence electrons. The first-order chi connectivity index (χ1) is 10.3. The fraction of sp³-hybridized carbons (Fsp3) is 0.154. The van der Waals surface area contributed by atoms with Gasteiger partial charge in [0.15, 0.2) is 5.82 Å². The van der Waals surface area contributed by atoms with Gasteiger partial charge in [-0.05, 0) is 22.0 Å². The van der Waals surface area contributed by atoms with Crippen molar-refractivity contribution in [1.29, 1.82) is 5.26 Å². The molecule has 0 heterocycles. The van der Waals surface area contributed by atoms with E-state index in [-0.39, 0.29) is 20.9 Å². The molecule has 1 N–H and O–H groups in total. The predicted octanol–water partition coefficient (Wildman–Crippen LogP) is 2.76. The number of nitrogens with zero attached hydrogens (tertiary/aromatic N) is 1. The second-order valence-corrected chi connectivity index (χ2v) is 4.98. The number of carbonyl (C=O) groups is 2. The molecule has 0 atom stereocenters. The third-order valence-corrected chi connectivity index (χ3v) is 3.29. The second-order valence-electron chi connectivity index (χ2n) is 3.71. The zero-order chi connectivity index (χ0) is 16.9. The number of carbonyl (C=O) groups excluding carboxylic acids is 2. The molecule has 0 aliphatic carbocycles. The molecule has 1 aromatic carbocycles. The summed E-state index contributed by atoms with van der Waals surface area (Å²) in [5.41, 5.74) is -0.973. The molecule has 1 aromatic rings. The van der Waals surface area contributed by atoms with Gasteiger partial charge in [-0.25, -0.2) is 14.0 Å². The summed E-state index contributed by atoms with van der Waals surface area (Å²) in [5, 5.41) is 11.4. The zero-order valence-electron chi connectivity index (χ0n) is 11.4. The Morgan fingerprint density at radius 3 is 2.59 bits per heavy atom. The highest BCUT2D eigenvalue weighted by Crippen LogP contribution is 2.34. The molecule has 0 radical (unpaired) electrons. The maximum atomic E-state index is 13.9. The first kappa shape index (κ1) is 17.9. The fourth-order valence-corrected chi connectivity index (χ4v) is 2.20. The molecule has 0 fully saturated rings. The van der Waals surface area contributed by atoms with Crippen molar-refractivity contribution in [2.45, 2.75) is 0 Å². The van der Waals surface area contributed by atoms with Crippen LogP contribution in [0.15, 0.2) is 22.3 Å². The number of hydrogen-bond acceptors (Lipinski definition) is 6. The smallest absolute Gasteiger partial charge is 0.354 e. The normalized spacial score (nSPS) is 10.6. The molecule has 0 saturated carbocycles. The van der Waals surface area contributed by atoms with Crippen LogP contribution in [0, 0.1) is 17.1 Å². The average Bonchev–Trinajstić information content (AvgIpc) is 2.50. The van der Waals surface area contributed by atoms with E-state index < -0.39 is 23.3 Å². The molecule has 0 saturated heterocycles. The molecule has 0 bridgehead atoms. The SMILES string of the molecule is COC(=O)/C=C(/Nc1c(Cl)cc(Br)c(F)c1C#N)C(=O)OC. The van der Waals surface area contributed by atoms with Crippen LogP contribution in [0.5, 0.6) is 0 Å². The fourth-order valence-electron chi connectivity index (χ4n) is 1.39. The van der Waals surface area contributed by atoms with Crippen LogP contribution in [0.1, 0.15) is 5.56 Å². The molecule has 0 spiro atoms. The van der Waals surface area contributed by atoms with Gasteiger partial charge in [-0.1, -0.05) is 11.6 Å². The molecule has 1 rings (SSSR count). The largest absolute Gasteiger partial charge is 0.466 e. The first-order valence-electron chi connectivity index (χ1n) is 5.58. The monoisotopic (exact) mass is 390 g/mol. The Hall–Kier alpha value is -2.11. The lowest BCUT2D eigenvalue weighted by molar-refractivity contribution is -0.138. The molecule has 22 heavy (non-hydrogen) atoms. The quantitative estimate of drug-likeness (QED) is 0.482. The molecule has 0 aromatic heterocycles. The van der Waals surface area contributed by atoms with Crippen LogP contribution in [0.2, 0.25) is 5.02 Å². The van der Waals surface area contributed by atoms with E-state index in [2.05, 4.69) is 30.7 Å². The maximum absolute atomic E-state index is 13.9. The summed E-state index contributed by atoms with van der Waals surface area (Å²) in [6.45, 7) is 0. The summed E-state index contributed by atoms with van der Waals surface area (Å²) in [6, 6.07) is 2.83. The Kier molecular flexibility index (Phi) is 6.34. The Labute approximate surface area is 138 Å². The lowest BCUT2D eigenvalue weighted by Crippen LogP contribution is -2.16. The minimum Gasteiger partial charge on any atom is -0.466 e. The van der Waals surface area contributed by atoms with E-state index in [4.69, 9.17) is 16.9 Å². The van der Waals surface area contributed by atoms with Crippen LogP contribution in [-0.2, 0) is 19.1 Å². The van der Waals surface area contributed by atoms with Gasteiger partial charge < -0.3 is 14.8 Å².